The van der Waals surface area contributed by atoms with Gasteiger partial charge in [-0.05, 0) is 167 Å². The molecule has 3 aromatic heterocycles. The monoisotopic (exact) mass is 1130 g/mol. The molecule has 0 fully saturated rings. The normalized spacial score (nSPS) is 21.2. The first-order valence-electron chi connectivity index (χ1n) is 41.5. The van der Waals surface area contributed by atoms with Gasteiger partial charge in [0.1, 0.15) is 17.3 Å². The SMILES string of the molecule is [2H]c1c([2H])c([2H])c(-c2cnc(-n3c4ccccc4c4ccc(Oc5cccc(-n6[c-][n+](-c7c(-c8c([2H])c([2H])c9c(c8[2H])C(C([2H])([2H])[2H])(C([2H])([2H])[2H])C([2H])([2H])C([2H])([2H])C9(C([2H])([2H])[2H])C([2H])([2H])[2H])cc(C(C)(C)C)cc7C(C)(C)C)c7ccc(-c8cc(C(C)(C)C)cc(C(C)(C)C)c8)cc76)c5)cc43)cc2C([2H])([2H])[2H])c([2H])c1[2H]. The second-order valence-electron chi connectivity index (χ2n) is 26.2. The Morgan fingerprint density at radius 2 is 1.24 bits per heavy atom. The van der Waals surface area contributed by atoms with Crippen molar-refractivity contribution in [2.75, 3.05) is 0 Å². The Balaban J connectivity index is 1.15. The fourth-order valence-electron chi connectivity index (χ4n) is 11.0. The lowest BCUT2D eigenvalue weighted by molar-refractivity contribution is -0.572. The van der Waals surface area contributed by atoms with Crippen LogP contribution >= 0.6 is 0 Å². The largest absolute Gasteiger partial charge is 0.458 e. The summed E-state index contributed by atoms with van der Waals surface area (Å²) in [5.41, 5.74) is -8.99. The zero-order valence-electron chi connectivity index (χ0n) is 76.3. The number of nitrogens with zero attached hydrogens (tertiary/aromatic N) is 4. The highest BCUT2D eigenvalue weighted by atomic mass is 16.5. The van der Waals surface area contributed by atoms with Crippen molar-refractivity contribution in [3.8, 4) is 62.1 Å². The Labute approximate surface area is 538 Å². The number of rotatable bonds is 8. The summed E-state index contributed by atoms with van der Waals surface area (Å²) in [6.07, 6.45) is -4.33. The molecule has 0 unspecified atom stereocenters. The van der Waals surface area contributed by atoms with Crippen LogP contribution in [0.25, 0.3) is 83.4 Å². The van der Waals surface area contributed by atoms with E-state index >= 15 is 0 Å². The quantitative estimate of drug-likeness (QED) is 0.112. The summed E-state index contributed by atoms with van der Waals surface area (Å²) in [4.78, 5) is 4.74. The van der Waals surface area contributed by atoms with Crippen molar-refractivity contribution in [1.82, 2.24) is 14.1 Å². The van der Waals surface area contributed by atoms with Crippen LogP contribution in [-0.2, 0) is 32.5 Å². The second kappa shape index (κ2) is 20.1. The summed E-state index contributed by atoms with van der Waals surface area (Å²) in [5, 5.41) is 1.46. The van der Waals surface area contributed by atoms with Gasteiger partial charge in [0, 0.05) is 54.6 Å². The standard InChI is InChI=1S/C79H84N4O/c1-50-38-72(80-48-64(50)51-24-19-18-20-25-51)83-68-29-22-21-28-61(68)62-33-32-60(47-70(62)83)84-59-27-23-26-58(46-59)81-49-82(69-35-31-52(42-71(69)81)54-39-55(74(2,3)4)43-56(40-54)75(5,6)7)73-63(44-57(76(8,9)10)45-67(73)77(11,12)13)53-30-34-65-66(41-53)79(16,17)37-36-78(65,14)15/h18-35,38-48H,36-37H2,1-17H3/i1D3,14D3,15D3,16D3,17D3,18D,19D,20D,24D,25D,30D,34D,36D2,37D2,41D. The highest BCUT2D eigenvalue weighted by Gasteiger charge is 2.38. The van der Waals surface area contributed by atoms with Gasteiger partial charge in [0.2, 0.25) is 0 Å². The van der Waals surface area contributed by atoms with Crippen LogP contribution in [-0.4, -0.2) is 14.1 Å². The Morgan fingerprint density at radius 1 is 0.560 bits per heavy atom. The van der Waals surface area contributed by atoms with Crippen molar-refractivity contribution in [2.45, 2.75) is 163 Å². The van der Waals surface area contributed by atoms with E-state index in [0.29, 0.717) is 44.3 Å². The molecule has 0 amide bonds. The van der Waals surface area contributed by atoms with Crippen LogP contribution in [0.2, 0.25) is 0 Å². The minimum absolute atomic E-state index is 0.0961. The number of pyridine rings is 1. The van der Waals surface area contributed by atoms with Gasteiger partial charge < -0.3 is 4.74 Å². The minimum atomic E-state index is -4.57. The van der Waals surface area contributed by atoms with Crippen molar-refractivity contribution < 1.29 is 46.3 Å². The van der Waals surface area contributed by atoms with Gasteiger partial charge in [-0.3, -0.25) is 13.7 Å². The number of ether oxygens (including phenoxy) is 1. The van der Waals surface area contributed by atoms with E-state index in [9.17, 15) is 9.60 Å². The molecule has 0 atom stereocenters. The molecule has 84 heavy (non-hydrogen) atoms. The van der Waals surface area contributed by atoms with Crippen molar-refractivity contribution in [3.63, 3.8) is 0 Å². The number of hydrogen-bond acceptors (Lipinski definition) is 2. The molecule has 0 aliphatic heterocycles. The summed E-state index contributed by atoms with van der Waals surface area (Å²) < 4.78 is 259. The molecular weight excluding hydrogens is 1020 g/mol. The summed E-state index contributed by atoms with van der Waals surface area (Å²) in [6, 6.07) is 29.5. The number of benzene rings is 8. The molecule has 3 heterocycles. The van der Waals surface area contributed by atoms with E-state index in [1.807, 2.05) is 90.1 Å². The third-order valence-electron chi connectivity index (χ3n) is 15.8. The number of para-hydroxylation sites is 1. The molecule has 5 heteroatoms. The highest BCUT2D eigenvalue weighted by molar-refractivity contribution is 6.09. The third-order valence-corrected chi connectivity index (χ3v) is 15.8. The molecule has 426 valence electrons. The summed E-state index contributed by atoms with van der Waals surface area (Å²) >= 11 is 0. The summed E-state index contributed by atoms with van der Waals surface area (Å²) in [5.74, 6) is 0.682. The second-order valence-corrected chi connectivity index (χ2v) is 26.2. The van der Waals surface area contributed by atoms with Crippen molar-refractivity contribution >= 4 is 32.8 Å². The number of hydrogen-bond donors (Lipinski definition) is 0. The number of aromatic nitrogens is 4. The van der Waals surface area contributed by atoms with E-state index in [2.05, 4.69) is 66.1 Å². The number of imidazole rings is 1. The molecule has 0 spiro atoms. The number of aryl methyl sites for hydroxylation is 1. The van der Waals surface area contributed by atoms with E-state index in [0.717, 1.165) is 27.6 Å². The van der Waals surface area contributed by atoms with Gasteiger partial charge in [-0.15, -0.1) is 0 Å². The van der Waals surface area contributed by atoms with Gasteiger partial charge in [-0.1, -0.05) is 226 Å². The zero-order valence-corrected chi connectivity index (χ0v) is 49.3. The van der Waals surface area contributed by atoms with Gasteiger partial charge in [0.05, 0.1) is 44.4 Å². The van der Waals surface area contributed by atoms with Crippen LogP contribution in [0.4, 0.5) is 0 Å². The first kappa shape index (κ1) is 32.9. The molecule has 0 saturated carbocycles. The fraction of sp³-hybridized carbons (Fsp3) is 0.316. The van der Waals surface area contributed by atoms with E-state index in [1.165, 1.54) is 12.3 Å². The van der Waals surface area contributed by atoms with Crippen molar-refractivity contribution in [1.29, 1.82) is 0 Å². The molecule has 0 N–H and O–H groups in total. The molecule has 8 aromatic carbocycles. The maximum Gasteiger partial charge on any atom is 0.269 e. The Hall–Kier alpha value is -8.02. The molecule has 0 saturated heterocycles. The predicted octanol–water partition coefficient (Wildman–Crippen LogP) is 20.8. The molecule has 12 rings (SSSR count). The number of fused-ring (bicyclic) bond motifs is 5. The molecule has 0 radical (unpaired) electrons. The minimum Gasteiger partial charge on any atom is -0.458 e. The van der Waals surface area contributed by atoms with Crippen LogP contribution in [0, 0.1) is 13.2 Å². The van der Waals surface area contributed by atoms with E-state index < -0.39 is 134 Å². The molecule has 11 aromatic rings. The first-order chi connectivity index (χ1) is 50.6. The van der Waals surface area contributed by atoms with Crippen LogP contribution in [0.15, 0.2) is 176 Å². The smallest absolute Gasteiger partial charge is 0.269 e. The lowest BCUT2D eigenvalue weighted by atomic mass is 9.63. The molecule has 0 bridgehead atoms. The van der Waals surface area contributed by atoms with Gasteiger partial charge >= 0.3 is 0 Å². The Kier molecular flexibility index (Phi) is 7.86. The zero-order chi connectivity index (χ0) is 82.7. The molecule has 5 nitrogen and oxygen atoms in total. The van der Waals surface area contributed by atoms with Crippen molar-refractivity contribution in [3.05, 3.63) is 221 Å². The van der Waals surface area contributed by atoms with Gasteiger partial charge in [0.15, 0.2) is 0 Å². The average Bonchev–Trinajstić information content (AvgIpc) is 0.864. The topological polar surface area (TPSA) is 35.9 Å². The highest BCUT2D eigenvalue weighted by Crippen LogP contribution is 2.49. The summed E-state index contributed by atoms with van der Waals surface area (Å²) in [7, 11) is 0. The predicted molar refractivity (Wildman–Crippen MR) is 353 cm³/mol. The van der Waals surface area contributed by atoms with E-state index in [1.54, 1.807) is 62.2 Å². The maximum absolute atomic E-state index is 10.6. The molecular formula is C79H84N4O. The van der Waals surface area contributed by atoms with Crippen LogP contribution in [0.3, 0.4) is 0 Å². The summed E-state index contributed by atoms with van der Waals surface area (Å²) in [6.45, 7) is 3.91. The third kappa shape index (κ3) is 10.3. The van der Waals surface area contributed by atoms with Crippen LogP contribution in [0.1, 0.15) is 199 Å². The fourth-order valence-corrected chi connectivity index (χ4v) is 11.0. The van der Waals surface area contributed by atoms with E-state index in [-0.39, 0.29) is 56.1 Å². The Bertz CT molecular complexity index is 5570. The molecule has 1 aliphatic carbocycles. The average molecular weight is 1130 g/mol. The lowest BCUT2D eigenvalue weighted by Gasteiger charge is -2.42. The van der Waals surface area contributed by atoms with Gasteiger partial charge in [-0.2, -0.15) is 0 Å². The van der Waals surface area contributed by atoms with E-state index in [4.69, 9.17) is 37.1 Å². The van der Waals surface area contributed by atoms with Gasteiger partial charge in [0.25, 0.3) is 6.33 Å². The van der Waals surface area contributed by atoms with Crippen LogP contribution < -0.4 is 9.30 Å². The van der Waals surface area contributed by atoms with Crippen LogP contribution in [0.5, 0.6) is 11.5 Å². The first-order valence-corrected chi connectivity index (χ1v) is 28.0. The lowest BCUT2D eigenvalue weighted by Crippen LogP contribution is -2.36. The van der Waals surface area contributed by atoms with Gasteiger partial charge in [-0.25, -0.2) is 4.98 Å². The Morgan fingerprint density at radius 3 is 1.93 bits per heavy atom. The molecule has 1 aliphatic rings. The maximum atomic E-state index is 10.6. The van der Waals surface area contributed by atoms with Crippen molar-refractivity contribution in [2.24, 2.45) is 0 Å².